The van der Waals surface area contributed by atoms with Crippen LogP contribution >= 0.6 is 0 Å². The average Bonchev–Trinajstić information content (AvgIpc) is 2.95. The van der Waals surface area contributed by atoms with E-state index in [1.54, 1.807) is 6.26 Å². The summed E-state index contributed by atoms with van der Waals surface area (Å²) < 4.78 is 11.3. The molecule has 22 heavy (non-hydrogen) atoms. The van der Waals surface area contributed by atoms with Crippen LogP contribution < -0.4 is 4.74 Å². The van der Waals surface area contributed by atoms with Crippen LogP contribution in [0.4, 0.5) is 0 Å². The van der Waals surface area contributed by atoms with Gasteiger partial charge in [0, 0.05) is 13.1 Å². The molecule has 0 saturated carbocycles. The van der Waals surface area contributed by atoms with Crippen LogP contribution in [0.15, 0.2) is 47.1 Å². The van der Waals surface area contributed by atoms with Gasteiger partial charge in [0.15, 0.2) is 0 Å². The molecule has 0 aliphatic carbocycles. The van der Waals surface area contributed by atoms with Crippen molar-refractivity contribution in [3.63, 3.8) is 0 Å². The van der Waals surface area contributed by atoms with Gasteiger partial charge in [0.2, 0.25) is 5.89 Å². The first-order valence-electron chi connectivity index (χ1n) is 7.67. The number of nitrogens with zero attached hydrogens (tertiary/aromatic N) is 2. The Balaban J connectivity index is 2.16. The highest BCUT2D eigenvalue weighted by Gasteiger charge is 2.13. The monoisotopic (exact) mass is 300 g/mol. The molecule has 0 aliphatic heterocycles. The van der Waals surface area contributed by atoms with Crippen LogP contribution in [0.25, 0.3) is 11.5 Å². The molecule has 1 aromatic heterocycles. The predicted molar refractivity (Wildman–Crippen MR) is 88.9 cm³/mol. The summed E-state index contributed by atoms with van der Waals surface area (Å²) in [6, 6.07) is 7.80. The SMILES string of the molecule is C=C(C)CN(CC)Cc1coc(-c2ccccc2OCC)n1. The van der Waals surface area contributed by atoms with Crippen LogP contribution in [0.2, 0.25) is 0 Å². The van der Waals surface area contributed by atoms with Crippen molar-refractivity contribution in [1.82, 2.24) is 9.88 Å². The minimum absolute atomic E-state index is 0.602. The topological polar surface area (TPSA) is 38.5 Å². The maximum atomic E-state index is 5.65. The average molecular weight is 300 g/mol. The number of hydrogen-bond acceptors (Lipinski definition) is 4. The standard InChI is InChI=1S/C18H24N2O2/c1-5-20(11-14(3)4)12-15-13-22-18(19-15)16-9-7-8-10-17(16)21-6-2/h7-10,13H,3,5-6,11-12H2,1-2,4H3. The molecule has 0 atom stereocenters. The third kappa shape index (κ3) is 4.21. The zero-order chi connectivity index (χ0) is 15.9. The van der Waals surface area contributed by atoms with Crippen LogP contribution in [-0.4, -0.2) is 29.6 Å². The third-order valence-electron chi connectivity index (χ3n) is 3.30. The molecule has 0 N–H and O–H groups in total. The van der Waals surface area contributed by atoms with Crippen LogP contribution in [-0.2, 0) is 6.54 Å². The Morgan fingerprint density at radius 3 is 2.77 bits per heavy atom. The summed E-state index contributed by atoms with van der Waals surface area (Å²) in [7, 11) is 0. The second kappa shape index (κ2) is 7.80. The van der Waals surface area contributed by atoms with Gasteiger partial charge in [0.05, 0.1) is 17.9 Å². The van der Waals surface area contributed by atoms with Gasteiger partial charge in [0.1, 0.15) is 12.0 Å². The van der Waals surface area contributed by atoms with Gasteiger partial charge in [0.25, 0.3) is 0 Å². The first-order chi connectivity index (χ1) is 10.6. The fourth-order valence-electron chi connectivity index (χ4n) is 2.32. The largest absolute Gasteiger partial charge is 0.493 e. The number of para-hydroxylation sites is 1. The van der Waals surface area contributed by atoms with Gasteiger partial charge in [-0.15, -0.1) is 0 Å². The molecule has 2 aromatic rings. The molecule has 0 spiro atoms. The van der Waals surface area contributed by atoms with Crippen molar-refractivity contribution >= 4 is 0 Å². The summed E-state index contributed by atoms with van der Waals surface area (Å²) in [6.45, 7) is 13.3. The van der Waals surface area contributed by atoms with Gasteiger partial charge in [-0.1, -0.05) is 31.2 Å². The summed E-state index contributed by atoms with van der Waals surface area (Å²) in [4.78, 5) is 6.88. The maximum Gasteiger partial charge on any atom is 0.229 e. The quantitative estimate of drug-likeness (QED) is 0.687. The van der Waals surface area contributed by atoms with Crippen molar-refractivity contribution in [2.75, 3.05) is 19.7 Å². The molecule has 4 nitrogen and oxygen atoms in total. The van der Waals surface area contributed by atoms with Gasteiger partial charge < -0.3 is 9.15 Å². The summed E-state index contributed by atoms with van der Waals surface area (Å²) in [5, 5.41) is 0. The van der Waals surface area contributed by atoms with Gasteiger partial charge in [-0.05, 0) is 32.5 Å². The second-order valence-electron chi connectivity index (χ2n) is 5.33. The Kier molecular flexibility index (Phi) is 5.78. The van der Waals surface area contributed by atoms with E-state index in [2.05, 4.69) is 23.4 Å². The van der Waals surface area contributed by atoms with Gasteiger partial charge in [-0.2, -0.15) is 0 Å². The van der Waals surface area contributed by atoms with Gasteiger partial charge in [-0.25, -0.2) is 4.98 Å². The van der Waals surface area contributed by atoms with E-state index >= 15 is 0 Å². The number of aromatic nitrogens is 1. The van der Waals surface area contributed by atoms with Crippen molar-refractivity contribution in [1.29, 1.82) is 0 Å². The predicted octanol–water partition coefficient (Wildman–Crippen LogP) is 4.14. The highest BCUT2D eigenvalue weighted by atomic mass is 16.5. The molecule has 0 radical (unpaired) electrons. The Morgan fingerprint density at radius 2 is 2.09 bits per heavy atom. The summed E-state index contributed by atoms with van der Waals surface area (Å²) in [5.41, 5.74) is 2.95. The maximum absolute atomic E-state index is 5.65. The highest BCUT2D eigenvalue weighted by molar-refractivity contribution is 5.62. The van der Waals surface area contributed by atoms with E-state index in [1.165, 1.54) is 0 Å². The molecule has 4 heteroatoms. The molecule has 2 rings (SSSR count). The first-order valence-corrected chi connectivity index (χ1v) is 7.67. The summed E-state index contributed by atoms with van der Waals surface area (Å²) in [5.74, 6) is 1.40. The van der Waals surface area contributed by atoms with E-state index in [0.29, 0.717) is 12.5 Å². The number of likely N-dealkylation sites (N-methyl/N-ethyl adjacent to an activating group) is 1. The van der Waals surface area contributed by atoms with Crippen LogP contribution in [0.1, 0.15) is 26.5 Å². The number of benzene rings is 1. The van der Waals surface area contributed by atoms with Crippen LogP contribution in [0.5, 0.6) is 5.75 Å². The van der Waals surface area contributed by atoms with Crippen molar-refractivity contribution in [3.05, 3.63) is 48.4 Å². The van der Waals surface area contributed by atoms with Crippen LogP contribution in [0.3, 0.4) is 0 Å². The second-order valence-corrected chi connectivity index (χ2v) is 5.33. The highest BCUT2D eigenvalue weighted by Crippen LogP contribution is 2.29. The zero-order valence-electron chi connectivity index (χ0n) is 13.6. The molecule has 118 valence electrons. The lowest BCUT2D eigenvalue weighted by Gasteiger charge is -2.18. The molecule has 0 bridgehead atoms. The lowest BCUT2D eigenvalue weighted by Crippen LogP contribution is -2.24. The number of ether oxygens (including phenoxy) is 1. The van der Waals surface area contributed by atoms with E-state index in [-0.39, 0.29) is 0 Å². The molecular weight excluding hydrogens is 276 g/mol. The number of oxazole rings is 1. The Labute approximate surface area is 132 Å². The van der Waals surface area contributed by atoms with E-state index in [0.717, 1.165) is 42.2 Å². The summed E-state index contributed by atoms with van der Waals surface area (Å²) >= 11 is 0. The van der Waals surface area contributed by atoms with E-state index in [1.807, 2.05) is 38.1 Å². The lowest BCUT2D eigenvalue weighted by molar-refractivity contribution is 0.300. The molecule has 0 fully saturated rings. The minimum Gasteiger partial charge on any atom is -0.493 e. The Morgan fingerprint density at radius 1 is 1.32 bits per heavy atom. The smallest absolute Gasteiger partial charge is 0.229 e. The van der Waals surface area contributed by atoms with Gasteiger partial charge in [-0.3, -0.25) is 4.90 Å². The van der Waals surface area contributed by atoms with E-state index < -0.39 is 0 Å². The fourth-order valence-corrected chi connectivity index (χ4v) is 2.32. The van der Waals surface area contributed by atoms with E-state index in [4.69, 9.17) is 9.15 Å². The third-order valence-corrected chi connectivity index (χ3v) is 3.30. The lowest BCUT2D eigenvalue weighted by atomic mass is 10.2. The molecule has 0 amide bonds. The van der Waals surface area contributed by atoms with Crippen molar-refractivity contribution in [3.8, 4) is 17.2 Å². The number of hydrogen-bond donors (Lipinski definition) is 0. The Hall–Kier alpha value is -2.07. The van der Waals surface area contributed by atoms with Gasteiger partial charge >= 0.3 is 0 Å². The molecule has 0 aliphatic rings. The normalized spacial score (nSPS) is 10.9. The first kappa shape index (κ1) is 16.3. The van der Waals surface area contributed by atoms with E-state index in [9.17, 15) is 0 Å². The number of rotatable bonds is 8. The fraction of sp³-hybridized carbons (Fsp3) is 0.389. The Bertz CT molecular complexity index is 619. The van der Waals surface area contributed by atoms with Crippen LogP contribution in [0, 0.1) is 0 Å². The molecule has 1 aromatic carbocycles. The van der Waals surface area contributed by atoms with Crippen molar-refractivity contribution in [2.24, 2.45) is 0 Å². The summed E-state index contributed by atoms with van der Waals surface area (Å²) in [6.07, 6.45) is 1.72. The van der Waals surface area contributed by atoms with Crippen molar-refractivity contribution < 1.29 is 9.15 Å². The zero-order valence-corrected chi connectivity index (χ0v) is 13.6. The molecule has 1 heterocycles. The minimum atomic E-state index is 0.602. The molecule has 0 saturated heterocycles. The molecule has 0 unspecified atom stereocenters. The van der Waals surface area contributed by atoms with Crippen molar-refractivity contribution in [2.45, 2.75) is 27.3 Å². The molecular formula is C18H24N2O2.